The molecule has 1 heteroatoms. The van der Waals surface area contributed by atoms with Crippen molar-refractivity contribution in [2.75, 3.05) is 0 Å². The molecule has 0 radical (unpaired) electrons. The van der Waals surface area contributed by atoms with Crippen LogP contribution in [0.1, 0.15) is 22.5 Å². The van der Waals surface area contributed by atoms with Crippen molar-refractivity contribution in [3.8, 4) is 11.3 Å². The highest BCUT2D eigenvalue weighted by atomic mass is 16.3. The average molecular weight is 197 g/mol. The van der Waals surface area contributed by atoms with E-state index in [1.165, 1.54) is 22.3 Å². The van der Waals surface area contributed by atoms with Gasteiger partial charge in [-0.3, -0.25) is 0 Å². The monoisotopic (exact) mass is 197 g/mol. The molecule has 3 rings (SSSR count). The van der Waals surface area contributed by atoms with Crippen LogP contribution >= 0.6 is 0 Å². The van der Waals surface area contributed by atoms with Crippen LogP contribution < -0.4 is 0 Å². The first-order valence-corrected chi connectivity index (χ1v) is 5.27. The first kappa shape index (κ1) is 8.66. The molecule has 0 N–H and O–H groups in total. The lowest BCUT2D eigenvalue weighted by Gasteiger charge is -1.94. The van der Waals surface area contributed by atoms with E-state index in [1.807, 2.05) is 6.92 Å². The summed E-state index contributed by atoms with van der Waals surface area (Å²) in [6.07, 6.45) is 1.01. The van der Waals surface area contributed by atoms with Gasteiger partial charge in [0.2, 0.25) is 0 Å². The zero-order valence-corrected chi connectivity index (χ0v) is 9.00. The summed E-state index contributed by atoms with van der Waals surface area (Å²) in [6.45, 7) is 4.17. The summed E-state index contributed by atoms with van der Waals surface area (Å²) < 4.78 is 5.83. The molecule has 0 unspecified atom stereocenters. The molecular weight excluding hydrogens is 184 g/mol. The first-order valence-electron chi connectivity index (χ1n) is 5.27. The Kier molecular flexibility index (Phi) is 1.69. The number of hydrogen-bond acceptors (Lipinski definition) is 0. The van der Waals surface area contributed by atoms with Gasteiger partial charge in [-0.25, -0.2) is 4.42 Å². The van der Waals surface area contributed by atoms with E-state index < -0.39 is 0 Å². The highest BCUT2D eigenvalue weighted by molar-refractivity contribution is 5.73. The molecule has 2 aromatic rings. The van der Waals surface area contributed by atoms with Gasteiger partial charge in [0.15, 0.2) is 0 Å². The third kappa shape index (κ3) is 1.19. The summed E-state index contributed by atoms with van der Waals surface area (Å²) in [5.74, 6) is 2.06. The molecule has 1 heterocycles. The minimum Gasteiger partial charge on any atom is -0.212 e. The molecule has 0 aliphatic heterocycles. The number of fused-ring (bicyclic) bond motifs is 3. The van der Waals surface area contributed by atoms with Crippen LogP contribution in [0, 0.1) is 13.8 Å². The normalized spacial score (nSPS) is 12.4. The zero-order chi connectivity index (χ0) is 10.4. The Hall–Kier alpha value is -1.63. The maximum absolute atomic E-state index is 5.83. The van der Waals surface area contributed by atoms with E-state index in [-0.39, 0.29) is 0 Å². The van der Waals surface area contributed by atoms with Crippen molar-refractivity contribution >= 4 is 0 Å². The minimum absolute atomic E-state index is 0.989. The van der Waals surface area contributed by atoms with Gasteiger partial charge >= 0.3 is 11.5 Å². The molecule has 1 aromatic heterocycles. The van der Waals surface area contributed by atoms with Crippen LogP contribution in [-0.4, -0.2) is 0 Å². The first-order chi connectivity index (χ1) is 7.25. The van der Waals surface area contributed by atoms with Crippen molar-refractivity contribution in [1.82, 2.24) is 0 Å². The van der Waals surface area contributed by atoms with Crippen LogP contribution in [0.15, 0.2) is 34.7 Å². The molecule has 0 bridgehead atoms. The molecule has 0 saturated carbocycles. The molecule has 1 aromatic carbocycles. The summed E-state index contributed by atoms with van der Waals surface area (Å²) in [4.78, 5) is 0. The van der Waals surface area contributed by atoms with Gasteiger partial charge in [-0.2, -0.15) is 0 Å². The zero-order valence-electron chi connectivity index (χ0n) is 9.00. The van der Waals surface area contributed by atoms with E-state index in [9.17, 15) is 0 Å². The number of hydrogen-bond donors (Lipinski definition) is 0. The molecular formula is C14H13O+. The maximum Gasteiger partial charge on any atom is 0.364 e. The molecule has 0 fully saturated rings. The third-order valence-electron chi connectivity index (χ3n) is 3.06. The smallest absolute Gasteiger partial charge is 0.212 e. The van der Waals surface area contributed by atoms with Crippen molar-refractivity contribution in [2.45, 2.75) is 20.3 Å². The molecule has 1 nitrogen and oxygen atoms in total. The van der Waals surface area contributed by atoms with Gasteiger partial charge in [0.1, 0.15) is 0 Å². The predicted molar refractivity (Wildman–Crippen MR) is 60.8 cm³/mol. The van der Waals surface area contributed by atoms with E-state index in [0.717, 1.165) is 17.9 Å². The van der Waals surface area contributed by atoms with Crippen molar-refractivity contribution in [2.24, 2.45) is 0 Å². The topological polar surface area (TPSA) is 11.3 Å². The van der Waals surface area contributed by atoms with Gasteiger partial charge in [0.05, 0.1) is 18.1 Å². The Balaban J connectivity index is 2.33. The molecule has 0 amide bonds. The second-order valence-corrected chi connectivity index (χ2v) is 4.18. The Morgan fingerprint density at radius 1 is 1.13 bits per heavy atom. The van der Waals surface area contributed by atoms with E-state index in [4.69, 9.17) is 4.42 Å². The van der Waals surface area contributed by atoms with Crippen molar-refractivity contribution in [3.63, 3.8) is 0 Å². The van der Waals surface area contributed by atoms with Gasteiger partial charge in [-0.15, -0.1) is 0 Å². The fourth-order valence-corrected chi connectivity index (χ4v) is 2.35. The summed E-state index contributed by atoms with van der Waals surface area (Å²) in [6, 6.07) is 10.6. The van der Waals surface area contributed by atoms with E-state index in [2.05, 4.69) is 37.3 Å². The standard InChI is InChI=1S/C14H13O/c1-9-7-10(2)15-14-12-6-4-3-5-11(12)8-13(9)14/h3-7H,8H2,1-2H3/q+1. The van der Waals surface area contributed by atoms with E-state index in [1.54, 1.807) is 0 Å². The lowest BCUT2D eigenvalue weighted by molar-refractivity contribution is 0.528. The van der Waals surface area contributed by atoms with Crippen molar-refractivity contribution in [1.29, 1.82) is 0 Å². The SMILES string of the molecule is Cc1cc(C)c2c([o+]1)-c1ccccc1C2. The second-order valence-electron chi connectivity index (χ2n) is 4.18. The van der Waals surface area contributed by atoms with Crippen LogP contribution in [0.3, 0.4) is 0 Å². The van der Waals surface area contributed by atoms with Crippen LogP contribution in [0.25, 0.3) is 11.3 Å². The summed E-state index contributed by atoms with van der Waals surface area (Å²) in [5.41, 5.74) is 5.33. The van der Waals surface area contributed by atoms with Crippen molar-refractivity contribution < 1.29 is 4.42 Å². The molecule has 0 atom stereocenters. The Morgan fingerprint density at radius 2 is 1.93 bits per heavy atom. The van der Waals surface area contributed by atoms with Crippen LogP contribution in [0.4, 0.5) is 0 Å². The fourth-order valence-electron chi connectivity index (χ4n) is 2.35. The average Bonchev–Trinajstić information content (AvgIpc) is 2.57. The van der Waals surface area contributed by atoms with Gasteiger partial charge in [-0.05, 0) is 24.1 Å². The summed E-state index contributed by atoms with van der Waals surface area (Å²) in [7, 11) is 0. The lowest BCUT2D eigenvalue weighted by atomic mass is 10.1. The highest BCUT2D eigenvalue weighted by Gasteiger charge is 2.30. The summed E-state index contributed by atoms with van der Waals surface area (Å²) in [5, 5.41) is 0. The third-order valence-corrected chi connectivity index (χ3v) is 3.06. The highest BCUT2D eigenvalue weighted by Crippen LogP contribution is 2.38. The number of benzene rings is 1. The van der Waals surface area contributed by atoms with Gasteiger partial charge < -0.3 is 0 Å². The molecule has 0 saturated heterocycles. The minimum atomic E-state index is 0.989. The maximum atomic E-state index is 5.83. The number of rotatable bonds is 0. The van der Waals surface area contributed by atoms with Crippen LogP contribution in [-0.2, 0) is 6.42 Å². The van der Waals surface area contributed by atoms with Gasteiger partial charge in [0, 0.05) is 12.5 Å². The largest absolute Gasteiger partial charge is 0.364 e. The fraction of sp³-hybridized carbons (Fsp3) is 0.214. The van der Waals surface area contributed by atoms with Crippen molar-refractivity contribution in [3.05, 3.63) is 52.8 Å². The second kappa shape index (κ2) is 2.93. The Morgan fingerprint density at radius 3 is 2.80 bits per heavy atom. The Bertz CT molecular complexity index is 541. The van der Waals surface area contributed by atoms with Gasteiger partial charge in [-0.1, -0.05) is 18.2 Å². The predicted octanol–water partition coefficient (Wildman–Crippen LogP) is 3.75. The molecule has 1 aliphatic carbocycles. The molecule has 15 heavy (non-hydrogen) atoms. The quantitative estimate of drug-likeness (QED) is 0.499. The lowest BCUT2D eigenvalue weighted by Crippen LogP contribution is -1.87. The van der Waals surface area contributed by atoms with E-state index in [0.29, 0.717) is 0 Å². The molecule has 0 spiro atoms. The molecule has 1 aliphatic rings. The van der Waals surface area contributed by atoms with Gasteiger partial charge in [0.25, 0.3) is 0 Å². The Labute approximate surface area is 89.4 Å². The van der Waals surface area contributed by atoms with E-state index >= 15 is 0 Å². The van der Waals surface area contributed by atoms with Crippen LogP contribution in [0.2, 0.25) is 0 Å². The van der Waals surface area contributed by atoms with Crippen LogP contribution in [0.5, 0.6) is 0 Å². The molecule has 74 valence electrons. The summed E-state index contributed by atoms with van der Waals surface area (Å²) >= 11 is 0. The number of aryl methyl sites for hydroxylation is 2.